The topological polar surface area (TPSA) is 89.7 Å². The van der Waals surface area contributed by atoms with Gasteiger partial charge in [0.25, 0.3) is 5.91 Å². The van der Waals surface area contributed by atoms with Crippen molar-refractivity contribution in [1.29, 1.82) is 5.26 Å². The number of aliphatic hydroxyl groups excluding tert-OH is 1. The van der Waals surface area contributed by atoms with E-state index in [0.717, 1.165) is 30.1 Å². The minimum absolute atomic E-state index is 0.0760. The van der Waals surface area contributed by atoms with E-state index in [-0.39, 0.29) is 30.6 Å². The van der Waals surface area contributed by atoms with Gasteiger partial charge in [-0.3, -0.25) is 4.79 Å². The highest BCUT2D eigenvalue weighted by molar-refractivity contribution is 5.98. The molecule has 1 fully saturated rings. The third kappa shape index (κ3) is 5.83. The van der Waals surface area contributed by atoms with Crippen LogP contribution in [0.5, 0.6) is 5.88 Å². The van der Waals surface area contributed by atoms with Crippen LogP contribution >= 0.6 is 0 Å². The fraction of sp³-hybridized carbons (Fsp3) is 0.536. The largest absolute Gasteiger partial charge is 0.472 e. The van der Waals surface area contributed by atoms with Gasteiger partial charge < -0.3 is 19.6 Å². The summed E-state index contributed by atoms with van der Waals surface area (Å²) in [6.45, 7) is 6.18. The zero-order valence-electron chi connectivity index (χ0n) is 21.0. The number of benzene rings is 1. The van der Waals surface area contributed by atoms with E-state index in [2.05, 4.69) is 29.9 Å². The molecule has 0 saturated heterocycles. The molecule has 3 atom stereocenters. The lowest BCUT2D eigenvalue weighted by molar-refractivity contribution is 0.0320. The molecule has 1 aromatic carbocycles. The molecule has 2 aromatic rings. The van der Waals surface area contributed by atoms with Gasteiger partial charge in [0.2, 0.25) is 5.88 Å². The Morgan fingerprint density at radius 1 is 1.23 bits per heavy atom. The van der Waals surface area contributed by atoms with Crippen molar-refractivity contribution in [2.24, 2.45) is 11.8 Å². The molecule has 0 unspecified atom stereocenters. The zero-order valence-corrected chi connectivity index (χ0v) is 21.0. The third-order valence-corrected chi connectivity index (χ3v) is 7.40. The Morgan fingerprint density at radius 3 is 2.60 bits per heavy atom. The van der Waals surface area contributed by atoms with Crippen LogP contribution in [0.25, 0.3) is 11.1 Å². The quantitative estimate of drug-likeness (QED) is 0.651. The lowest BCUT2D eigenvalue weighted by Crippen LogP contribution is -2.50. The van der Waals surface area contributed by atoms with Crippen LogP contribution in [-0.2, 0) is 0 Å². The predicted octanol–water partition coefficient (Wildman–Crippen LogP) is 3.96. The Hall–Kier alpha value is -2.95. The average molecular weight is 477 g/mol. The summed E-state index contributed by atoms with van der Waals surface area (Å²) in [5.41, 5.74) is 2.64. The fourth-order valence-electron chi connectivity index (χ4n) is 5.23. The molecule has 35 heavy (non-hydrogen) atoms. The van der Waals surface area contributed by atoms with Crippen LogP contribution in [-0.4, -0.2) is 71.2 Å². The van der Waals surface area contributed by atoms with E-state index in [1.807, 2.05) is 25.1 Å². The molecule has 0 radical (unpaired) electrons. The van der Waals surface area contributed by atoms with Crippen molar-refractivity contribution in [2.45, 2.75) is 51.7 Å². The van der Waals surface area contributed by atoms with Crippen LogP contribution in [0, 0.1) is 23.2 Å². The van der Waals surface area contributed by atoms with Crippen LogP contribution in [0.15, 0.2) is 36.5 Å². The first-order valence-electron chi connectivity index (χ1n) is 12.7. The second-order valence-corrected chi connectivity index (χ2v) is 10.3. The summed E-state index contributed by atoms with van der Waals surface area (Å²) in [7, 11) is 2.15. The van der Waals surface area contributed by atoms with Gasteiger partial charge in [-0.2, -0.15) is 5.26 Å². The maximum Gasteiger partial charge on any atom is 0.259 e. The number of carbonyl (C=O) groups is 1. The van der Waals surface area contributed by atoms with Gasteiger partial charge in [-0.05, 0) is 56.5 Å². The summed E-state index contributed by atoms with van der Waals surface area (Å²) in [6, 6.07) is 10.8. The predicted molar refractivity (Wildman–Crippen MR) is 135 cm³/mol. The SMILES string of the molecule is C[C@@H]1CN([C@H](C)CO)C(=O)c2cc(-c3ccc(C#N)cc3)cnc2O[C@H]1CN(C)CC1CCCC1. The minimum Gasteiger partial charge on any atom is -0.472 e. The van der Waals surface area contributed by atoms with E-state index in [0.29, 0.717) is 23.6 Å². The van der Waals surface area contributed by atoms with E-state index in [1.54, 1.807) is 23.2 Å². The Balaban J connectivity index is 1.64. The van der Waals surface area contributed by atoms with Gasteiger partial charge >= 0.3 is 0 Å². The van der Waals surface area contributed by atoms with E-state index >= 15 is 0 Å². The third-order valence-electron chi connectivity index (χ3n) is 7.40. The highest BCUT2D eigenvalue weighted by Gasteiger charge is 2.34. The van der Waals surface area contributed by atoms with Crippen molar-refractivity contribution in [3.05, 3.63) is 47.7 Å². The molecular formula is C28H36N4O3. The number of carbonyl (C=O) groups excluding carboxylic acids is 1. The average Bonchev–Trinajstić information content (AvgIpc) is 3.38. The van der Waals surface area contributed by atoms with Gasteiger partial charge in [-0.1, -0.05) is 31.9 Å². The molecule has 2 aliphatic rings. The van der Waals surface area contributed by atoms with Crippen LogP contribution in [0.4, 0.5) is 0 Å². The smallest absolute Gasteiger partial charge is 0.259 e. The second kappa shape index (κ2) is 11.2. The van der Waals surface area contributed by atoms with Crippen LogP contribution < -0.4 is 4.74 Å². The molecule has 2 heterocycles. The number of amides is 1. The summed E-state index contributed by atoms with van der Waals surface area (Å²) in [4.78, 5) is 22.3. The maximum absolute atomic E-state index is 13.6. The number of hydrogen-bond donors (Lipinski definition) is 1. The summed E-state index contributed by atoms with van der Waals surface area (Å²) in [5.74, 6) is 0.978. The van der Waals surface area contributed by atoms with Crippen molar-refractivity contribution in [3.8, 4) is 23.1 Å². The summed E-state index contributed by atoms with van der Waals surface area (Å²) in [5, 5.41) is 19.0. The summed E-state index contributed by atoms with van der Waals surface area (Å²) in [6.07, 6.45) is 6.83. The Kier molecular flexibility index (Phi) is 8.04. The summed E-state index contributed by atoms with van der Waals surface area (Å²) >= 11 is 0. The Labute approximate surface area is 208 Å². The highest BCUT2D eigenvalue weighted by Crippen LogP contribution is 2.31. The standard InChI is InChI=1S/C28H36N4O3/c1-19-15-32(20(2)18-33)28(34)25-12-24(23-10-8-21(13-29)9-11-23)14-30-27(25)35-26(19)17-31(3)16-22-6-4-5-7-22/h8-12,14,19-20,22,26,33H,4-7,15-18H2,1-3H3/t19-,20-,26+/m1/s1. The molecule has 7 heteroatoms. The molecule has 186 valence electrons. The molecular weight excluding hydrogens is 440 g/mol. The number of ether oxygens (including phenoxy) is 1. The van der Waals surface area contributed by atoms with Crippen LogP contribution in [0.2, 0.25) is 0 Å². The Morgan fingerprint density at radius 2 is 1.94 bits per heavy atom. The first-order valence-corrected chi connectivity index (χ1v) is 12.7. The maximum atomic E-state index is 13.6. The molecule has 1 N–H and O–H groups in total. The first kappa shape index (κ1) is 25.2. The first-order chi connectivity index (χ1) is 16.9. The van der Waals surface area contributed by atoms with Crippen LogP contribution in [0.1, 0.15) is 55.5 Å². The molecule has 1 aromatic heterocycles. The number of hydrogen-bond acceptors (Lipinski definition) is 6. The van der Waals surface area contributed by atoms with Gasteiger partial charge in [0.15, 0.2) is 0 Å². The van der Waals surface area contributed by atoms with Crippen molar-refractivity contribution in [3.63, 3.8) is 0 Å². The van der Waals surface area contributed by atoms with E-state index in [1.165, 1.54) is 25.7 Å². The van der Waals surface area contributed by atoms with Crippen molar-refractivity contribution < 1.29 is 14.6 Å². The van der Waals surface area contributed by atoms with Crippen LogP contribution in [0.3, 0.4) is 0 Å². The lowest BCUT2D eigenvalue weighted by atomic mass is 9.98. The molecule has 1 saturated carbocycles. The van der Waals surface area contributed by atoms with E-state index in [9.17, 15) is 9.90 Å². The van der Waals surface area contributed by atoms with E-state index < -0.39 is 0 Å². The molecule has 1 aliphatic carbocycles. The molecule has 0 bridgehead atoms. The van der Waals surface area contributed by atoms with Gasteiger partial charge in [0.1, 0.15) is 11.7 Å². The normalized spacial score (nSPS) is 21.7. The lowest BCUT2D eigenvalue weighted by Gasteiger charge is -2.38. The van der Waals surface area contributed by atoms with Crippen molar-refractivity contribution >= 4 is 5.91 Å². The molecule has 1 amide bonds. The van der Waals surface area contributed by atoms with Gasteiger partial charge in [0, 0.05) is 37.3 Å². The molecule has 1 aliphatic heterocycles. The molecule has 4 rings (SSSR count). The number of aromatic nitrogens is 1. The monoisotopic (exact) mass is 476 g/mol. The van der Waals surface area contributed by atoms with Gasteiger partial charge in [-0.25, -0.2) is 4.98 Å². The minimum atomic E-state index is -0.314. The Bertz CT molecular complexity index is 1060. The second-order valence-electron chi connectivity index (χ2n) is 10.3. The number of fused-ring (bicyclic) bond motifs is 1. The number of pyridine rings is 1. The number of aliphatic hydroxyl groups is 1. The van der Waals surface area contributed by atoms with Crippen molar-refractivity contribution in [1.82, 2.24) is 14.8 Å². The molecule has 0 spiro atoms. The van der Waals surface area contributed by atoms with E-state index in [4.69, 9.17) is 10.00 Å². The summed E-state index contributed by atoms with van der Waals surface area (Å²) < 4.78 is 6.44. The highest BCUT2D eigenvalue weighted by atomic mass is 16.5. The number of likely N-dealkylation sites (N-methyl/N-ethyl adjacent to an activating group) is 1. The number of nitrogens with zero attached hydrogens (tertiary/aromatic N) is 4. The zero-order chi connectivity index (χ0) is 24.9. The van der Waals surface area contributed by atoms with Gasteiger partial charge in [-0.15, -0.1) is 0 Å². The van der Waals surface area contributed by atoms with Crippen molar-refractivity contribution in [2.75, 3.05) is 33.3 Å². The fourth-order valence-corrected chi connectivity index (χ4v) is 5.23. The number of nitriles is 1. The molecule has 7 nitrogen and oxygen atoms in total. The number of rotatable bonds is 7. The van der Waals surface area contributed by atoms with Gasteiger partial charge in [0.05, 0.1) is 24.3 Å².